The van der Waals surface area contributed by atoms with Crippen molar-refractivity contribution in [3.8, 4) is 0 Å². The van der Waals surface area contributed by atoms with E-state index in [0.717, 1.165) is 36.1 Å². The van der Waals surface area contributed by atoms with Crippen molar-refractivity contribution in [3.63, 3.8) is 0 Å². The lowest BCUT2D eigenvalue weighted by Gasteiger charge is -2.35. The van der Waals surface area contributed by atoms with E-state index in [-0.39, 0.29) is 12.5 Å². The number of primary amides is 1. The number of hydrogen-bond donors (Lipinski definition) is 2. The van der Waals surface area contributed by atoms with Crippen LogP contribution in [0.25, 0.3) is 0 Å². The number of para-hydroxylation sites is 1. The molecule has 1 heterocycles. The summed E-state index contributed by atoms with van der Waals surface area (Å²) in [4.78, 5) is 28.3. The van der Waals surface area contributed by atoms with Crippen LogP contribution in [0, 0.1) is 0 Å². The van der Waals surface area contributed by atoms with E-state index in [2.05, 4.69) is 11.4 Å². The van der Waals surface area contributed by atoms with Crippen LogP contribution in [0.2, 0.25) is 0 Å². The summed E-state index contributed by atoms with van der Waals surface area (Å²) in [6, 6.07) is 26.5. The first-order valence-corrected chi connectivity index (χ1v) is 10.7. The molecule has 0 aromatic heterocycles. The number of urea groups is 1. The number of nitrogens with one attached hydrogen (secondary N) is 1. The van der Waals surface area contributed by atoms with Gasteiger partial charge in [0.05, 0.1) is 0 Å². The number of benzene rings is 3. The Labute approximate surface area is 182 Å². The molecule has 1 aliphatic rings. The highest BCUT2D eigenvalue weighted by Crippen LogP contribution is 2.30. The summed E-state index contributed by atoms with van der Waals surface area (Å²) in [5, 5.41) is 3.05. The zero-order chi connectivity index (χ0) is 21.7. The molecule has 1 atom stereocenters. The lowest BCUT2D eigenvalue weighted by Crippen LogP contribution is -2.59. The summed E-state index contributed by atoms with van der Waals surface area (Å²) in [5.41, 5.74) is 8.24. The zero-order valence-electron chi connectivity index (χ0n) is 17.5. The lowest BCUT2D eigenvalue weighted by molar-refractivity contribution is -0.124. The van der Waals surface area contributed by atoms with Gasteiger partial charge in [-0.2, -0.15) is 0 Å². The van der Waals surface area contributed by atoms with Gasteiger partial charge in [0.25, 0.3) is 0 Å². The SMILES string of the molecule is NC(=O)C(Cc1ccccc1)(NC(=O)N1CCCCc2ccccc21)c1ccccc1. The van der Waals surface area contributed by atoms with E-state index in [0.29, 0.717) is 12.1 Å². The smallest absolute Gasteiger partial charge is 0.323 e. The van der Waals surface area contributed by atoms with E-state index >= 15 is 0 Å². The van der Waals surface area contributed by atoms with E-state index in [1.807, 2.05) is 78.9 Å². The third kappa shape index (κ3) is 4.31. The number of amides is 3. The van der Waals surface area contributed by atoms with Crippen molar-refractivity contribution in [2.75, 3.05) is 11.4 Å². The minimum Gasteiger partial charge on any atom is -0.367 e. The Balaban J connectivity index is 1.74. The van der Waals surface area contributed by atoms with Crippen molar-refractivity contribution in [1.82, 2.24) is 5.32 Å². The first-order valence-electron chi connectivity index (χ1n) is 10.7. The van der Waals surface area contributed by atoms with Crippen molar-refractivity contribution in [1.29, 1.82) is 0 Å². The number of hydrogen-bond acceptors (Lipinski definition) is 2. The quantitative estimate of drug-likeness (QED) is 0.659. The number of fused-ring (bicyclic) bond motifs is 1. The van der Waals surface area contributed by atoms with Crippen LogP contribution in [0.3, 0.4) is 0 Å². The predicted octanol–water partition coefficient (Wildman–Crippen LogP) is 4.16. The van der Waals surface area contributed by atoms with Crippen molar-refractivity contribution < 1.29 is 9.59 Å². The highest BCUT2D eigenvalue weighted by Gasteiger charge is 2.41. The molecular formula is C26H27N3O2. The number of carbonyl (C=O) groups excluding carboxylic acids is 2. The van der Waals surface area contributed by atoms with E-state index < -0.39 is 11.4 Å². The van der Waals surface area contributed by atoms with Gasteiger partial charge in [-0.25, -0.2) is 4.79 Å². The largest absolute Gasteiger partial charge is 0.367 e. The molecule has 0 spiro atoms. The number of aryl methyl sites for hydroxylation is 1. The first kappa shape index (κ1) is 20.7. The van der Waals surface area contributed by atoms with Gasteiger partial charge >= 0.3 is 6.03 Å². The Morgan fingerprint density at radius 2 is 1.52 bits per heavy atom. The van der Waals surface area contributed by atoms with E-state index in [1.165, 1.54) is 0 Å². The molecule has 1 unspecified atom stereocenters. The summed E-state index contributed by atoms with van der Waals surface area (Å²) in [6.45, 7) is 0.595. The molecule has 5 heteroatoms. The average Bonchev–Trinajstić information content (AvgIpc) is 3.02. The minimum atomic E-state index is -1.36. The molecule has 4 rings (SSSR count). The fraction of sp³-hybridized carbons (Fsp3) is 0.231. The van der Waals surface area contributed by atoms with Gasteiger partial charge in [0.1, 0.15) is 5.54 Å². The molecule has 3 aromatic carbocycles. The van der Waals surface area contributed by atoms with Gasteiger partial charge in [0.15, 0.2) is 0 Å². The molecular weight excluding hydrogens is 386 g/mol. The summed E-state index contributed by atoms with van der Waals surface area (Å²) in [6.07, 6.45) is 3.12. The maximum Gasteiger partial charge on any atom is 0.323 e. The van der Waals surface area contributed by atoms with Crippen molar-refractivity contribution >= 4 is 17.6 Å². The summed E-state index contributed by atoms with van der Waals surface area (Å²) in [7, 11) is 0. The van der Waals surface area contributed by atoms with Crippen LogP contribution in [-0.2, 0) is 23.2 Å². The molecule has 0 radical (unpaired) electrons. The number of nitrogens with two attached hydrogens (primary N) is 1. The van der Waals surface area contributed by atoms with E-state index in [1.54, 1.807) is 4.90 Å². The van der Waals surface area contributed by atoms with E-state index in [4.69, 9.17) is 5.73 Å². The Morgan fingerprint density at radius 3 is 2.23 bits per heavy atom. The number of carbonyl (C=O) groups is 2. The fourth-order valence-corrected chi connectivity index (χ4v) is 4.29. The molecule has 0 aliphatic carbocycles. The zero-order valence-corrected chi connectivity index (χ0v) is 17.5. The van der Waals surface area contributed by atoms with Crippen LogP contribution in [0.1, 0.15) is 29.5 Å². The first-order chi connectivity index (χ1) is 15.1. The molecule has 0 saturated heterocycles. The highest BCUT2D eigenvalue weighted by atomic mass is 16.2. The minimum absolute atomic E-state index is 0.272. The lowest BCUT2D eigenvalue weighted by atomic mass is 9.83. The van der Waals surface area contributed by atoms with Crippen molar-refractivity contribution in [2.24, 2.45) is 5.73 Å². The predicted molar refractivity (Wildman–Crippen MR) is 123 cm³/mol. The third-order valence-electron chi connectivity index (χ3n) is 5.93. The van der Waals surface area contributed by atoms with Gasteiger partial charge in [-0.05, 0) is 42.0 Å². The van der Waals surface area contributed by atoms with Gasteiger partial charge < -0.3 is 11.1 Å². The van der Waals surface area contributed by atoms with Gasteiger partial charge in [-0.15, -0.1) is 0 Å². The van der Waals surface area contributed by atoms with Crippen molar-refractivity contribution in [2.45, 2.75) is 31.2 Å². The molecule has 0 fully saturated rings. The monoisotopic (exact) mass is 413 g/mol. The van der Waals surface area contributed by atoms with Gasteiger partial charge in [-0.3, -0.25) is 9.69 Å². The summed E-state index contributed by atoms with van der Waals surface area (Å²) in [5.74, 6) is -0.584. The maximum absolute atomic E-state index is 13.6. The topological polar surface area (TPSA) is 75.4 Å². The Morgan fingerprint density at radius 1 is 0.871 bits per heavy atom. The van der Waals surface area contributed by atoms with Crippen LogP contribution in [0.15, 0.2) is 84.9 Å². The normalized spacial score (nSPS) is 15.3. The number of rotatable bonds is 5. The molecule has 3 amide bonds. The summed E-state index contributed by atoms with van der Waals surface area (Å²) >= 11 is 0. The molecule has 0 saturated carbocycles. The molecule has 5 nitrogen and oxygen atoms in total. The molecule has 31 heavy (non-hydrogen) atoms. The maximum atomic E-state index is 13.6. The second-order valence-electron chi connectivity index (χ2n) is 7.97. The second kappa shape index (κ2) is 9.04. The van der Waals surface area contributed by atoms with Gasteiger partial charge in [-0.1, -0.05) is 78.9 Å². The van der Waals surface area contributed by atoms with Crippen LogP contribution < -0.4 is 16.0 Å². The average molecular weight is 414 g/mol. The second-order valence-corrected chi connectivity index (χ2v) is 7.97. The van der Waals surface area contributed by atoms with Gasteiger partial charge in [0.2, 0.25) is 5.91 Å². The van der Waals surface area contributed by atoms with Crippen molar-refractivity contribution in [3.05, 3.63) is 102 Å². The Hall–Kier alpha value is -3.60. The molecule has 158 valence electrons. The highest BCUT2D eigenvalue weighted by molar-refractivity contribution is 5.98. The molecule has 3 N–H and O–H groups in total. The summed E-state index contributed by atoms with van der Waals surface area (Å²) < 4.78 is 0. The number of nitrogens with zero attached hydrogens (tertiary/aromatic N) is 1. The molecule has 0 bridgehead atoms. The molecule has 3 aromatic rings. The Kier molecular flexibility index (Phi) is 6.03. The van der Waals surface area contributed by atoms with Crippen LogP contribution >= 0.6 is 0 Å². The fourth-order valence-electron chi connectivity index (χ4n) is 4.29. The Bertz CT molecular complexity index is 1050. The van der Waals surface area contributed by atoms with E-state index in [9.17, 15) is 9.59 Å². The third-order valence-corrected chi connectivity index (χ3v) is 5.93. The standard InChI is InChI=1S/C26H27N3O2/c27-24(30)26(22-15-5-2-6-16-22,19-20-11-3-1-4-12-20)28-25(31)29-18-10-9-14-21-13-7-8-17-23(21)29/h1-8,11-13,15-17H,9-10,14,18-19H2,(H2,27,30)(H,28,31). The van der Waals surface area contributed by atoms with Crippen LogP contribution in [0.5, 0.6) is 0 Å². The van der Waals surface area contributed by atoms with Gasteiger partial charge in [0, 0.05) is 18.7 Å². The molecule has 1 aliphatic heterocycles. The number of anilines is 1. The van der Waals surface area contributed by atoms with Crippen LogP contribution in [-0.4, -0.2) is 18.5 Å². The van der Waals surface area contributed by atoms with Crippen LogP contribution in [0.4, 0.5) is 10.5 Å².